The van der Waals surface area contributed by atoms with Crippen LogP contribution in [0, 0.1) is 13.8 Å². The molecule has 0 fully saturated rings. The summed E-state index contributed by atoms with van der Waals surface area (Å²) < 4.78 is 5.10. The number of hydrogen-bond donors (Lipinski definition) is 1. The van der Waals surface area contributed by atoms with E-state index in [1.54, 1.807) is 18.4 Å². The normalized spacial score (nSPS) is 11.2. The molecule has 0 saturated heterocycles. The summed E-state index contributed by atoms with van der Waals surface area (Å²) in [6.07, 6.45) is 3.02. The smallest absolute Gasteiger partial charge is 0.250 e. The van der Waals surface area contributed by atoms with Crippen molar-refractivity contribution in [3.05, 3.63) is 59.7 Å². The molecular weight excluding hydrogens is 322 g/mol. The molecule has 0 unspecified atom stereocenters. The lowest BCUT2D eigenvalue weighted by Gasteiger charge is -2.08. The maximum atomic E-state index is 11.9. The van der Waals surface area contributed by atoms with Crippen molar-refractivity contribution in [1.29, 1.82) is 0 Å². The van der Waals surface area contributed by atoms with Crippen LogP contribution < -0.4 is 5.43 Å². The number of amides is 1. The Bertz CT molecular complexity index is 889. The molecule has 2 aromatic heterocycles. The van der Waals surface area contributed by atoms with Crippen molar-refractivity contribution in [1.82, 2.24) is 10.4 Å². The Kier molecular flexibility index (Phi) is 4.96. The molecule has 24 heavy (non-hydrogen) atoms. The number of carbonyl (C=O) groups excluding carboxylic acids is 1. The highest BCUT2D eigenvalue weighted by Crippen LogP contribution is 2.28. The number of nitrogens with one attached hydrogen (secondary N) is 1. The van der Waals surface area contributed by atoms with Gasteiger partial charge in [0.2, 0.25) is 5.91 Å². The average Bonchev–Trinajstić information content (AvgIpc) is 3.06. The van der Waals surface area contributed by atoms with E-state index in [0.717, 1.165) is 21.5 Å². The molecular formula is C18H17N3O2S. The number of aryl methyl sites for hydroxylation is 2. The summed E-state index contributed by atoms with van der Waals surface area (Å²) in [5.74, 6) is 0.703. The van der Waals surface area contributed by atoms with E-state index in [1.165, 1.54) is 23.5 Å². The maximum Gasteiger partial charge on any atom is 0.250 e. The number of hydrazone groups is 1. The van der Waals surface area contributed by atoms with E-state index >= 15 is 0 Å². The van der Waals surface area contributed by atoms with Crippen molar-refractivity contribution in [2.24, 2.45) is 5.10 Å². The molecule has 0 spiro atoms. The lowest BCUT2D eigenvalue weighted by Crippen LogP contribution is -2.19. The highest BCUT2D eigenvalue weighted by molar-refractivity contribution is 8.00. The SMILES string of the molecule is Cc1ccc2nc(C)cc(SCC(=O)N/N=C/c3ccco3)c2c1. The molecule has 1 aromatic carbocycles. The lowest BCUT2D eigenvalue weighted by molar-refractivity contribution is -0.118. The molecule has 0 bridgehead atoms. The highest BCUT2D eigenvalue weighted by Gasteiger charge is 2.08. The molecule has 0 aliphatic heterocycles. The van der Waals surface area contributed by atoms with Crippen LogP contribution in [0.25, 0.3) is 10.9 Å². The van der Waals surface area contributed by atoms with Crippen LogP contribution in [0.5, 0.6) is 0 Å². The third kappa shape index (κ3) is 4.02. The average molecular weight is 339 g/mol. The van der Waals surface area contributed by atoms with E-state index < -0.39 is 0 Å². The van der Waals surface area contributed by atoms with Crippen molar-refractivity contribution in [2.45, 2.75) is 18.7 Å². The first kappa shape index (κ1) is 16.3. The van der Waals surface area contributed by atoms with Gasteiger partial charge in [-0.3, -0.25) is 9.78 Å². The van der Waals surface area contributed by atoms with Crippen LogP contribution >= 0.6 is 11.8 Å². The third-order valence-corrected chi connectivity index (χ3v) is 4.39. The van der Waals surface area contributed by atoms with Crippen LogP contribution in [0.2, 0.25) is 0 Å². The maximum absolute atomic E-state index is 11.9. The highest BCUT2D eigenvalue weighted by atomic mass is 32.2. The topological polar surface area (TPSA) is 67.5 Å². The fourth-order valence-electron chi connectivity index (χ4n) is 2.26. The van der Waals surface area contributed by atoms with Gasteiger partial charge in [-0.2, -0.15) is 5.10 Å². The standard InChI is InChI=1S/C18H17N3O2S/c1-12-5-6-16-15(8-12)17(9-13(2)20-16)24-11-18(22)21-19-10-14-4-3-7-23-14/h3-10H,11H2,1-2H3,(H,21,22)/b19-10+. The van der Waals surface area contributed by atoms with Crippen molar-refractivity contribution in [2.75, 3.05) is 5.75 Å². The molecule has 1 N–H and O–H groups in total. The molecule has 0 aliphatic carbocycles. The monoisotopic (exact) mass is 339 g/mol. The van der Waals surface area contributed by atoms with Gasteiger partial charge in [0.05, 0.1) is 23.7 Å². The quantitative estimate of drug-likeness (QED) is 0.437. The molecule has 0 radical (unpaired) electrons. The predicted molar refractivity (Wildman–Crippen MR) is 96.4 cm³/mol. The minimum atomic E-state index is -0.168. The van der Waals surface area contributed by atoms with E-state index in [2.05, 4.69) is 21.6 Å². The predicted octanol–water partition coefficient (Wildman–Crippen LogP) is 3.69. The van der Waals surface area contributed by atoms with Gasteiger partial charge in [0.1, 0.15) is 5.76 Å². The van der Waals surface area contributed by atoms with Gasteiger partial charge in [-0.05, 0) is 44.2 Å². The summed E-state index contributed by atoms with van der Waals surface area (Å²) in [4.78, 5) is 17.5. The zero-order valence-corrected chi connectivity index (χ0v) is 14.3. The van der Waals surface area contributed by atoms with Gasteiger partial charge in [-0.15, -0.1) is 11.8 Å². The largest absolute Gasteiger partial charge is 0.463 e. The molecule has 122 valence electrons. The number of pyridine rings is 1. The van der Waals surface area contributed by atoms with Gasteiger partial charge < -0.3 is 4.42 Å². The number of rotatable bonds is 5. The Balaban J connectivity index is 1.66. The van der Waals surface area contributed by atoms with E-state index in [4.69, 9.17) is 4.42 Å². The van der Waals surface area contributed by atoms with Crippen LogP contribution in [0.1, 0.15) is 17.0 Å². The Hall–Kier alpha value is -2.60. The lowest BCUT2D eigenvalue weighted by atomic mass is 10.1. The Labute approximate surface area is 144 Å². The van der Waals surface area contributed by atoms with E-state index in [0.29, 0.717) is 5.76 Å². The van der Waals surface area contributed by atoms with Crippen molar-refractivity contribution in [3.63, 3.8) is 0 Å². The molecule has 0 saturated carbocycles. The van der Waals surface area contributed by atoms with Crippen LogP contribution in [0.3, 0.4) is 0 Å². The molecule has 3 rings (SSSR count). The zero-order valence-electron chi connectivity index (χ0n) is 13.4. The fourth-order valence-corrected chi connectivity index (χ4v) is 3.19. The van der Waals surface area contributed by atoms with Crippen molar-refractivity contribution >= 4 is 34.8 Å². The number of nitrogens with zero attached hydrogens (tertiary/aromatic N) is 2. The van der Waals surface area contributed by atoms with Crippen LogP contribution in [0.15, 0.2) is 57.1 Å². The number of fused-ring (bicyclic) bond motifs is 1. The number of benzene rings is 1. The number of thioether (sulfide) groups is 1. The third-order valence-electron chi connectivity index (χ3n) is 3.34. The number of furan rings is 1. The Morgan fingerprint density at radius 3 is 3.00 bits per heavy atom. The second kappa shape index (κ2) is 7.31. The fraction of sp³-hybridized carbons (Fsp3) is 0.167. The van der Waals surface area contributed by atoms with E-state index in [-0.39, 0.29) is 11.7 Å². The number of carbonyl (C=O) groups is 1. The molecule has 2 heterocycles. The van der Waals surface area contributed by atoms with Gasteiger partial charge in [-0.25, -0.2) is 5.43 Å². The van der Waals surface area contributed by atoms with Gasteiger partial charge in [0, 0.05) is 16.0 Å². The summed E-state index contributed by atoms with van der Waals surface area (Å²) in [7, 11) is 0. The Morgan fingerprint density at radius 2 is 2.21 bits per heavy atom. The second-order valence-electron chi connectivity index (χ2n) is 5.38. The first-order valence-corrected chi connectivity index (χ1v) is 8.46. The minimum absolute atomic E-state index is 0.168. The van der Waals surface area contributed by atoms with Crippen LogP contribution in [-0.4, -0.2) is 22.9 Å². The Morgan fingerprint density at radius 1 is 1.33 bits per heavy atom. The van der Waals surface area contributed by atoms with E-state index in [9.17, 15) is 4.79 Å². The number of aromatic nitrogens is 1. The molecule has 0 atom stereocenters. The zero-order chi connectivity index (χ0) is 16.9. The minimum Gasteiger partial charge on any atom is -0.463 e. The van der Waals surface area contributed by atoms with Gasteiger partial charge >= 0.3 is 0 Å². The van der Waals surface area contributed by atoms with E-state index in [1.807, 2.05) is 32.0 Å². The molecule has 0 aliphatic rings. The van der Waals surface area contributed by atoms with Gasteiger partial charge in [0.15, 0.2) is 0 Å². The van der Waals surface area contributed by atoms with Gasteiger partial charge in [-0.1, -0.05) is 11.6 Å². The van der Waals surface area contributed by atoms with Gasteiger partial charge in [0.25, 0.3) is 0 Å². The number of hydrogen-bond acceptors (Lipinski definition) is 5. The first-order chi connectivity index (χ1) is 11.6. The van der Waals surface area contributed by atoms with Crippen molar-refractivity contribution in [3.8, 4) is 0 Å². The summed E-state index contributed by atoms with van der Waals surface area (Å²) >= 11 is 1.48. The molecule has 6 heteroatoms. The molecule has 3 aromatic rings. The molecule has 1 amide bonds. The summed E-state index contributed by atoms with van der Waals surface area (Å²) in [6.45, 7) is 4.00. The second-order valence-corrected chi connectivity index (χ2v) is 6.40. The summed E-state index contributed by atoms with van der Waals surface area (Å²) in [5, 5.41) is 4.94. The molecule has 5 nitrogen and oxygen atoms in total. The first-order valence-electron chi connectivity index (χ1n) is 7.48. The summed E-state index contributed by atoms with van der Waals surface area (Å²) in [5.41, 5.74) is 5.55. The van der Waals surface area contributed by atoms with Crippen LogP contribution in [-0.2, 0) is 4.79 Å². The summed E-state index contributed by atoms with van der Waals surface area (Å²) in [6, 6.07) is 11.7. The van der Waals surface area contributed by atoms with Crippen molar-refractivity contribution < 1.29 is 9.21 Å². The van der Waals surface area contributed by atoms with Crippen LogP contribution in [0.4, 0.5) is 0 Å².